The van der Waals surface area contributed by atoms with E-state index in [0.717, 1.165) is 11.1 Å². The molecule has 0 aromatic heterocycles. The Balaban J connectivity index is 1.52. The average Bonchev–Trinajstić information content (AvgIpc) is 2.82. The monoisotopic (exact) mass is 492 g/mol. The van der Waals surface area contributed by atoms with E-state index in [0.29, 0.717) is 21.7 Å². The first-order chi connectivity index (χ1) is 16.3. The van der Waals surface area contributed by atoms with E-state index in [1.165, 1.54) is 12.1 Å². The first-order valence-electron chi connectivity index (χ1n) is 10.7. The molecule has 0 amide bonds. The fourth-order valence-corrected chi connectivity index (χ4v) is 5.33. The normalized spacial score (nSPS) is 11.4. The molecule has 0 aliphatic heterocycles. The van der Waals surface area contributed by atoms with Crippen LogP contribution in [0.15, 0.2) is 102 Å². The minimum atomic E-state index is -3.66. The number of ketones is 1. The molecule has 0 radical (unpaired) electrons. The number of carbonyl (C=O) groups is 1. The van der Waals surface area contributed by atoms with Crippen LogP contribution in [0.25, 0.3) is 11.1 Å². The molecule has 0 saturated carbocycles. The van der Waals surface area contributed by atoms with E-state index in [9.17, 15) is 17.6 Å². The van der Waals surface area contributed by atoms with Gasteiger partial charge in [0.2, 0.25) is 0 Å². The zero-order valence-corrected chi connectivity index (χ0v) is 19.8. The predicted octanol–water partition coefficient (Wildman–Crippen LogP) is 6.47. The van der Waals surface area contributed by atoms with Gasteiger partial charge in [0.15, 0.2) is 9.84 Å². The van der Waals surface area contributed by atoms with Crippen molar-refractivity contribution < 1.29 is 17.6 Å². The first-order valence-corrected chi connectivity index (χ1v) is 12.7. The highest BCUT2D eigenvalue weighted by Crippen LogP contribution is 2.26. The van der Waals surface area contributed by atoms with Crippen molar-refractivity contribution in [2.45, 2.75) is 23.5 Å². The zero-order valence-electron chi connectivity index (χ0n) is 18.2. The summed E-state index contributed by atoms with van der Waals surface area (Å²) < 4.78 is 39.5. The second-order valence-electron chi connectivity index (χ2n) is 8.10. The molecule has 0 heterocycles. The molecular weight excluding hydrogens is 471 g/mol. The summed E-state index contributed by atoms with van der Waals surface area (Å²) in [5.41, 5.74) is 3.49. The van der Waals surface area contributed by atoms with E-state index in [2.05, 4.69) is 0 Å². The number of carbonyl (C=O) groups excluding carboxylic acids is 1. The molecule has 4 aromatic rings. The van der Waals surface area contributed by atoms with Gasteiger partial charge < -0.3 is 0 Å². The quantitative estimate of drug-likeness (QED) is 0.283. The van der Waals surface area contributed by atoms with Crippen LogP contribution in [0.1, 0.15) is 16.7 Å². The van der Waals surface area contributed by atoms with Gasteiger partial charge in [-0.05, 0) is 58.1 Å². The summed E-state index contributed by atoms with van der Waals surface area (Å²) in [7, 11) is -3.66. The molecule has 3 nitrogen and oxygen atoms in total. The second-order valence-corrected chi connectivity index (χ2v) is 10.5. The van der Waals surface area contributed by atoms with Crippen molar-refractivity contribution in [3.63, 3.8) is 0 Å². The van der Waals surface area contributed by atoms with Gasteiger partial charge in [-0.3, -0.25) is 4.79 Å². The molecule has 0 saturated heterocycles. The summed E-state index contributed by atoms with van der Waals surface area (Å²) in [4.78, 5) is 12.7. The molecule has 0 unspecified atom stereocenters. The van der Waals surface area contributed by atoms with Gasteiger partial charge in [0.25, 0.3) is 0 Å². The summed E-state index contributed by atoms with van der Waals surface area (Å²) in [6, 6.07) is 26.9. The lowest BCUT2D eigenvalue weighted by Crippen LogP contribution is -2.09. The minimum absolute atomic E-state index is 0.0000983. The van der Waals surface area contributed by atoms with Gasteiger partial charge in [-0.25, -0.2) is 12.8 Å². The van der Waals surface area contributed by atoms with Crippen LogP contribution in [0.3, 0.4) is 0 Å². The Morgan fingerprint density at radius 2 is 1.47 bits per heavy atom. The summed E-state index contributed by atoms with van der Waals surface area (Å²) in [6.07, 6.45) is 0.414. The van der Waals surface area contributed by atoms with E-state index in [4.69, 9.17) is 11.6 Å². The van der Waals surface area contributed by atoms with Gasteiger partial charge in [0.1, 0.15) is 11.6 Å². The van der Waals surface area contributed by atoms with Crippen molar-refractivity contribution >= 4 is 27.2 Å². The largest absolute Gasteiger partial charge is 0.299 e. The smallest absolute Gasteiger partial charge is 0.182 e. The van der Waals surface area contributed by atoms with Crippen LogP contribution in [-0.4, -0.2) is 14.2 Å². The van der Waals surface area contributed by atoms with Gasteiger partial charge in [-0.2, -0.15) is 0 Å². The molecule has 4 aromatic carbocycles. The van der Waals surface area contributed by atoms with Gasteiger partial charge in [0, 0.05) is 17.9 Å². The van der Waals surface area contributed by atoms with Crippen molar-refractivity contribution in [3.05, 3.63) is 125 Å². The molecule has 0 spiro atoms. The Morgan fingerprint density at radius 1 is 0.735 bits per heavy atom. The van der Waals surface area contributed by atoms with Gasteiger partial charge >= 0.3 is 0 Å². The lowest BCUT2D eigenvalue weighted by molar-refractivity contribution is -0.117. The fourth-order valence-electron chi connectivity index (χ4n) is 3.77. The third-order valence-corrected chi connectivity index (χ3v) is 7.52. The van der Waals surface area contributed by atoms with Crippen LogP contribution >= 0.6 is 11.6 Å². The van der Waals surface area contributed by atoms with E-state index < -0.39 is 9.84 Å². The van der Waals surface area contributed by atoms with E-state index >= 15 is 0 Å². The maximum atomic E-state index is 13.2. The number of hydrogen-bond acceptors (Lipinski definition) is 3. The summed E-state index contributed by atoms with van der Waals surface area (Å²) >= 11 is 6.30. The van der Waals surface area contributed by atoms with Crippen molar-refractivity contribution in [1.82, 2.24) is 0 Å². The summed E-state index contributed by atoms with van der Waals surface area (Å²) in [5, 5.41) is 0.431. The van der Waals surface area contributed by atoms with E-state index in [-0.39, 0.29) is 35.1 Å². The predicted molar refractivity (Wildman–Crippen MR) is 133 cm³/mol. The van der Waals surface area contributed by atoms with Crippen molar-refractivity contribution in [2.75, 3.05) is 0 Å². The topological polar surface area (TPSA) is 51.2 Å². The zero-order chi connectivity index (χ0) is 24.1. The molecule has 0 bridgehead atoms. The molecule has 0 atom stereocenters. The van der Waals surface area contributed by atoms with Crippen LogP contribution < -0.4 is 0 Å². The molecule has 34 heavy (non-hydrogen) atoms. The highest BCUT2D eigenvalue weighted by Gasteiger charge is 2.18. The molecule has 0 aliphatic rings. The highest BCUT2D eigenvalue weighted by atomic mass is 35.5. The molecule has 6 heteroatoms. The van der Waals surface area contributed by atoms with Gasteiger partial charge in [0.05, 0.1) is 10.6 Å². The Bertz CT molecular complexity index is 1420. The summed E-state index contributed by atoms with van der Waals surface area (Å²) in [6.45, 7) is 0. The SMILES string of the molecule is O=C(Cc1ccccc1)Cc1cc(CS(=O)(=O)c2cccc(-c3ccc(F)cc3)c2)ccc1Cl. The van der Waals surface area contributed by atoms with Crippen LogP contribution in [0.5, 0.6) is 0 Å². The van der Waals surface area contributed by atoms with Crippen LogP contribution in [0.2, 0.25) is 5.02 Å². The maximum Gasteiger partial charge on any atom is 0.182 e. The van der Waals surface area contributed by atoms with Crippen LogP contribution in [-0.2, 0) is 33.2 Å². The number of rotatable bonds is 8. The number of halogens is 2. The Labute approximate surface area is 203 Å². The van der Waals surface area contributed by atoms with Crippen molar-refractivity contribution in [1.29, 1.82) is 0 Å². The van der Waals surface area contributed by atoms with Gasteiger partial charge in [-0.1, -0.05) is 78.3 Å². The minimum Gasteiger partial charge on any atom is -0.299 e. The first kappa shape index (κ1) is 23.9. The van der Waals surface area contributed by atoms with Crippen molar-refractivity contribution in [2.24, 2.45) is 0 Å². The van der Waals surface area contributed by atoms with E-state index in [1.54, 1.807) is 54.6 Å². The molecule has 172 valence electrons. The van der Waals surface area contributed by atoms with Crippen molar-refractivity contribution in [3.8, 4) is 11.1 Å². The van der Waals surface area contributed by atoms with Crippen LogP contribution in [0.4, 0.5) is 4.39 Å². The Hall–Kier alpha value is -3.28. The number of Topliss-reactive ketones (excluding diaryl/α,β-unsaturated/α-hetero) is 1. The van der Waals surface area contributed by atoms with Gasteiger partial charge in [-0.15, -0.1) is 0 Å². The maximum absolute atomic E-state index is 13.2. The number of sulfone groups is 1. The molecule has 4 rings (SSSR count). The Morgan fingerprint density at radius 3 is 2.21 bits per heavy atom. The lowest BCUT2D eigenvalue weighted by Gasteiger charge is -2.10. The van der Waals surface area contributed by atoms with Crippen LogP contribution in [0, 0.1) is 5.82 Å². The summed E-state index contributed by atoms with van der Waals surface area (Å²) in [5.74, 6) is -0.579. The lowest BCUT2D eigenvalue weighted by atomic mass is 10.0. The molecule has 0 N–H and O–H groups in total. The molecule has 0 aliphatic carbocycles. The average molecular weight is 493 g/mol. The molecular formula is C28H22ClFO3S. The Kier molecular flexibility index (Phi) is 7.25. The number of hydrogen-bond donors (Lipinski definition) is 0. The third kappa shape index (κ3) is 5.99. The third-order valence-electron chi connectivity index (χ3n) is 5.47. The van der Waals surface area contributed by atoms with E-state index in [1.807, 2.05) is 30.3 Å². The highest BCUT2D eigenvalue weighted by molar-refractivity contribution is 7.90. The second kappa shape index (κ2) is 10.3. The number of benzene rings is 4. The molecule has 0 fully saturated rings. The standard InChI is InChI=1S/C28H22ClFO3S/c29-28-14-9-21(15-24(28)17-26(31)16-20-5-2-1-3-6-20)19-34(32,33)27-8-4-7-23(18-27)22-10-12-25(30)13-11-22/h1-15,18H,16-17,19H2. The fraction of sp³-hybridized carbons (Fsp3) is 0.107.